The van der Waals surface area contributed by atoms with Gasteiger partial charge in [0.1, 0.15) is 18.1 Å². The van der Waals surface area contributed by atoms with Gasteiger partial charge in [-0.3, -0.25) is 19.2 Å². The standard InChI is InChI=1S/C11H13NO2.C9H10O3.C6H13N.C5H12N2O2/c1-2-3-11(14)12-10-6-4-9(8-13)5-7-10;1-12-8-4-2-7(3-5-8)6-9(10)11;7-6-4-2-1-3-5-6;6-3-1-2-4(7)5(8)9/h4-8H,2-3H2,1H3,(H,12,14);2-5H,6H2,1H3,(H,10,11);6H,1-5,7H2;4H,1-3,6-7H2,(H,8,9). The first-order valence-corrected chi connectivity index (χ1v) is 14.2. The van der Waals surface area contributed by atoms with Gasteiger partial charge in [0.05, 0.1) is 13.5 Å². The summed E-state index contributed by atoms with van der Waals surface area (Å²) in [5.41, 5.74) is 18.0. The highest BCUT2D eigenvalue weighted by Crippen LogP contribution is 2.15. The van der Waals surface area contributed by atoms with Crippen molar-refractivity contribution in [1.82, 2.24) is 0 Å². The van der Waals surface area contributed by atoms with Crippen LogP contribution in [0.15, 0.2) is 48.5 Å². The van der Waals surface area contributed by atoms with Crippen LogP contribution in [0.1, 0.15) is 80.6 Å². The Bertz CT molecular complexity index is 1020. The molecule has 1 aliphatic carbocycles. The summed E-state index contributed by atoms with van der Waals surface area (Å²) in [5, 5.41) is 19.4. The zero-order chi connectivity index (χ0) is 31.8. The van der Waals surface area contributed by atoms with Gasteiger partial charge in [-0.15, -0.1) is 0 Å². The van der Waals surface area contributed by atoms with Gasteiger partial charge in [0, 0.05) is 23.7 Å². The van der Waals surface area contributed by atoms with E-state index in [0.29, 0.717) is 37.4 Å². The largest absolute Gasteiger partial charge is 0.497 e. The smallest absolute Gasteiger partial charge is 0.320 e. The molecule has 1 fully saturated rings. The highest BCUT2D eigenvalue weighted by Gasteiger charge is 2.09. The molecule has 1 aliphatic rings. The number of rotatable bonds is 11. The van der Waals surface area contributed by atoms with Crippen molar-refractivity contribution in [1.29, 1.82) is 0 Å². The third kappa shape index (κ3) is 20.1. The highest BCUT2D eigenvalue weighted by atomic mass is 16.5. The number of nitrogens with one attached hydrogen (secondary N) is 1. The molecule has 42 heavy (non-hydrogen) atoms. The molecule has 2 aromatic carbocycles. The molecule has 0 heterocycles. The fraction of sp³-hybridized carbons (Fsp3) is 0.484. The van der Waals surface area contributed by atoms with E-state index in [1.54, 1.807) is 55.6 Å². The summed E-state index contributed by atoms with van der Waals surface area (Å²) in [6, 6.07) is 13.6. The van der Waals surface area contributed by atoms with Gasteiger partial charge in [0.25, 0.3) is 0 Å². The zero-order valence-corrected chi connectivity index (χ0v) is 24.8. The Hall–Kier alpha value is -3.80. The lowest BCUT2D eigenvalue weighted by Gasteiger charge is -2.15. The molecule has 1 atom stereocenters. The van der Waals surface area contributed by atoms with Crippen LogP contribution >= 0.6 is 0 Å². The Labute approximate surface area is 248 Å². The predicted molar refractivity (Wildman–Crippen MR) is 165 cm³/mol. The van der Waals surface area contributed by atoms with E-state index < -0.39 is 18.0 Å². The van der Waals surface area contributed by atoms with Crippen molar-refractivity contribution < 1.29 is 34.1 Å². The molecular weight excluding hydrogens is 540 g/mol. The summed E-state index contributed by atoms with van der Waals surface area (Å²) in [6.45, 7) is 2.45. The minimum atomic E-state index is -0.955. The first-order valence-electron chi connectivity index (χ1n) is 14.2. The maximum atomic E-state index is 11.2. The number of hydrogen-bond acceptors (Lipinski definition) is 8. The number of carboxylic acids is 2. The topological polar surface area (TPSA) is 208 Å². The normalized spacial score (nSPS) is 12.9. The molecule has 0 saturated heterocycles. The van der Waals surface area contributed by atoms with Crippen molar-refractivity contribution in [3.8, 4) is 5.75 Å². The SMILES string of the molecule is CCCC(=O)Nc1ccc(C=O)cc1.COc1ccc(CC(=O)O)cc1.NC1CCCCC1.NCCCC(N)C(=O)O. The van der Waals surface area contributed by atoms with Crippen LogP contribution in [-0.2, 0) is 20.8 Å². The summed E-state index contributed by atoms with van der Waals surface area (Å²) in [5.74, 6) is -1.03. The molecule has 11 heteroatoms. The number of carbonyl (C=O) groups excluding carboxylic acids is 2. The summed E-state index contributed by atoms with van der Waals surface area (Å²) >= 11 is 0. The maximum Gasteiger partial charge on any atom is 0.320 e. The van der Waals surface area contributed by atoms with Gasteiger partial charge in [-0.25, -0.2) is 0 Å². The minimum Gasteiger partial charge on any atom is -0.497 e. The molecule has 0 bridgehead atoms. The van der Waals surface area contributed by atoms with Gasteiger partial charge in [-0.2, -0.15) is 0 Å². The Morgan fingerprint density at radius 1 is 1.02 bits per heavy atom. The first kappa shape index (κ1) is 38.2. The van der Waals surface area contributed by atoms with E-state index in [-0.39, 0.29) is 12.3 Å². The fourth-order valence-electron chi connectivity index (χ4n) is 3.61. The lowest BCUT2D eigenvalue weighted by atomic mass is 9.97. The number of aldehydes is 1. The fourth-order valence-corrected chi connectivity index (χ4v) is 3.61. The summed E-state index contributed by atoms with van der Waals surface area (Å²) in [4.78, 5) is 41.9. The van der Waals surface area contributed by atoms with Crippen LogP contribution < -0.4 is 27.3 Å². The second-order valence-electron chi connectivity index (χ2n) is 9.73. The monoisotopic (exact) mass is 588 g/mol. The van der Waals surface area contributed by atoms with Crippen molar-refractivity contribution >= 4 is 29.8 Å². The van der Waals surface area contributed by atoms with Crippen LogP contribution in [-0.4, -0.2) is 60.1 Å². The van der Waals surface area contributed by atoms with E-state index in [1.807, 2.05) is 6.92 Å². The van der Waals surface area contributed by atoms with Gasteiger partial charge >= 0.3 is 11.9 Å². The van der Waals surface area contributed by atoms with E-state index in [9.17, 15) is 19.2 Å². The Morgan fingerprint density at radius 3 is 2.02 bits per heavy atom. The average molecular weight is 589 g/mol. The van der Waals surface area contributed by atoms with Gasteiger partial charge in [0.2, 0.25) is 5.91 Å². The third-order valence-electron chi connectivity index (χ3n) is 6.01. The number of nitrogens with two attached hydrogens (primary N) is 3. The molecular formula is C31H48N4O7. The number of hydrogen-bond donors (Lipinski definition) is 6. The predicted octanol–water partition coefficient (Wildman–Crippen LogP) is 3.98. The highest BCUT2D eigenvalue weighted by molar-refractivity contribution is 5.91. The summed E-state index contributed by atoms with van der Waals surface area (Å²) in [7, 11) is 1.58. The zero-order valence-electron chi connectivity index (χ0n) is 24.8. The van der Waals surface area contributed by atoms with Crippen LogP contribution in [0, 0.1) is 0 Å². The second-order valence-corrected chi connectivity index (χ2v) is 9.73. The van der Waals surface area contributed by atoms with E-state index in [4.69, 9.17) is 32.2 Å². The van der Waals surface area contributed by atoms with Crippen molar-refractivity contribution in [2.45, 2.75) is 83.2 Å². The first-order chi connectivity index (χ1) is 20.1. The van der Waals surface area contributed by atoms with Gasteiger partial charge in [-0.1, -0.05) is 38.3 Å². The van der Waals surface area contributed by atoms with Crippen molar-refractivity contribution in [3.63, 3.8) is 0 Å². The molecule has 2 aromatic rings. The summed E-state index contributed by atoms with van der Waals surface area (Å²) < 4.78 is 4.93. The Kier molecular flexibility index (Phi) is 21.7. The number of benzene rings is 2. The molecule has 1 unspecified atom stereocenters. The van der Waals surface area contributed by atoms with Crippen molar-refractivity contribution in [2.75, 3.05) is 19.0 Å². The minimum absolute atomic E-state index is 0.00588. The van der Waals surface area contributed by atoms with Crippen molar-refractivity contribution in [2.24, 2.45) is 17.2 Å². The van der Waals surface area contributed by atoms with Crippen molar-refractivity contribution in [3.05, 3.63) is 59.7 Å². The number of ether oxygens (including phenoxy) is 1. The molecule has 3 rings (SSSR count). The van der Waals surface area contributed by atoms with Crippen LogP contribution in [0.2, 0.25) is 0 Å². The number of carboxylic acid groups (broad SMARTS) is 2. The Balaban J connectivity index is 0.000000550. The molecule has 0 aliphatic heterocycles. The van der Waals surface area contributed by atoms with E-state index in [2.05, 4.69) is 5.32 Å². The lowest BCUT2D eigenvalue weighted by molar-refractivity contribution is -0.139. The van der Waals surface area contributed by atoms with Crippen LogP contribution in [0.4, 0.5) is 5.69 Å². The van der Waals surface area contributed by atoms with E-state index in [0.717, 1.165) is 29.7 Å². The molecule has 9 N–H and O–H groups in total. The molecule has 0 aromatic heterocycles. The second kappa shape index (κ2) is 23.9. The number of carbonyl (C=O) groups is 4. The van der Waals surface area contributed by atoms with E-state index >= 15 is 0 Å². The molecule has 11 nitrogen and oxygen atoms in total. The van der Waals surface area contributed by atoms with Crippen LogP contribution in [0.5, 0.6) is 5.75 Å². The van der Waals surface area contributed by atoms with Gasteiger partial charge < -0.3 is 37.5 Å². The molecule has 0 spiro atoms. The number of anilines is 1. The lowest BCUT2D eigenvalue weighted by Crippen LogP contribution is -2.30. The molecule has 0 radical (unpaired) electrons. The van der Waals surface area contributed by atoms with Gasteiger partial charge in [0.15, 0.2) is 0 Å². The number of aliphatic carboxylic acids is 2. The number of amides is 1. The molecule has 234 valence electrons. The maximum absolute atomic E-state index is 11.2. The van der Waals surface area contributed by atoms with Gasteiger partial charge in [-0.05, 0) is 80.6 Å². The van der Waals surface area contributed by atoms with Crippen LogP contribution in [0.25, 0.3) is 0 Å². The number of methoxy groups -OCH3 is 1. The summed E-state index contributed by atoms with van der Waals surface area (Å²) in [6.07, 6.45) is 9.99. The quantitative estimate of drug-likeness (QED) is 0.208. The van der Waals surface area contributed by atoms with Crippen LogP contribution in [0.3, 0.4) is 0 Å². The molecule has 1 amide bonds. The van der Waals surface area contributed by atoms with E-state index in [1.165, 1.54) is 32.1 Å². The third-order valence-corrected chi connectivity index (χ3v) is 6.01. The Morgan fingerprint density at radius 2 is 1.62 bits per heavy atom. The average Bonchev–Trinajstić information content (AvgIpc) is 2.98. The molecule has 1 saturated carbocycles.